The van der Waals surface area contributed by atoms with Gasteiger partial charge in [0.15, 0.2) is 6.10 Å². The summed E-state index contributed by atoms with van der Waals surface area (Å²) < 4.78 is 0. The number of aliphatic carboxylic acids is 2. The Bertz CT molecular complexity index is 243. The number of aliphatic hydroxyl groups excluding tert-OH is 5. The molecule has 0 heterocycles. The predicted molar refractivity (Wildman–Crippen MR) is 52.1 cm³/mol. The maximum atomic E-state index is 10.1. The molecule has 0 radical (unpaired) electrons. The molecule has 18 heavy (non-hydrogen) atoms. The van der Waals surface area contributed by atoms with Crippen LogP contribution in [-0.2, 0) is 29.1 Å². The van der Waals surface area contributed by atoms with Crippen LogP contribution in [0, 0.1) is 0 Å². The van der Waals surface area contributed by atoms with Crippen LogP contribution >= 0.6 is 0 Å². The molecule has 0 spiro atoms. The minimum Gasteiger partial charge on any atom is -0.481 e. The summed E-state index contributed by atoms with van der Waals surface area (Å²) in [6.07, 6.45) is -7.84. The van der Waals surface area contributed by atoms with Crippen molar-refractivity contribution in [3.8, 4) is 0 Å². The van der Waals surface area contributed by atoms with Crippen LogP contribution in [0.3, 0.4) is 0 Å². The fourth-order valence-electron chi connectivity index (χ4n) is 0.668. The second-order valence-corrected chi connectivity index (χ2v) is 3.03. The van der Waals surface area contributed by atoms with Crippen molar-refractivity contribution in [3.63, 3.8) is 0 Å². The Kier molecular flexibility index (Phi) is 14.3. The summed E-state index contributed by atoms with van der Waals surface area (Å²) in [4.78, 5) is 19.1. The van der Waals surface area contributed by atoms with E-state index in [1.165, 1.54) is 0 Å². The SMILES string of the molecule is CC(=O)O.O=C(O)[C@H](O)[C@@H](O)[C@H](O)[C@H](O)CO.[Zn]. The third-order valence-corrected chi connectivity index (χ3v) is 1.51. The zero-order valence-electron chi connectivity index (χ0n) is 9.67. The van der Waals surface area contributed by atoms with Gasteiger partial charge in [-0.2, -0.15) is 0 Å². The molecule has 4 atom stereocenters. The second-order valence-electron chi connectivity index (χ2n) is 3.03. The van der Waals surface area contributed by atoms with Crippen molar-refractivity contribution in [2.75, 3.05) is 6.61 Å². The van der Waals surface area contributed by atoms with Crippen LogP contribution in [0.1, 0.15) is 6.92 Å². The molecule has 104 valence electrons. The fraction of sp³-hybridized carbons (Fsp3) is 0.750. The molecule has 0 aromatic heterocycles. The van der Waals surface area contributed by atoms with Gasteiger partial charge < -0.3 is 35.7 Å². The number of carboxylic acids is 2. The van der Waals surface area contributed by atoms with Crippen molar-refractivity contribution in [2.24, 2.45) is 0 Å². The van der Waals surface area contributed by atoms with Crippen LogP contribution in [-0.4, -0.2) is 78.7 Å². The van der Waals surface area contributed by atoms with Gasteiger partial charge in [0.1, 0.15) is 18.3 Å². The van der Waals surface area contributed by atoms with Gasteiger partial charge in [-0.3, -0.25) is 4.79 Å². The molecular formula is C8H16O9Zn. The van der Waals surface area contributed by atoms with Gasteiger partial charge in [-0.05, 0) is 0 Å². The van der Waals surface area contributed by atoms with E-state index < -0.39 is 43.0 Å². The maximum absolute atomic E-state index is 10.1. The molecule has 0 amide bonds. The molecule has 0 aliphatic carbocycles. The average molecular weight is 322 g/mol. The molecule has 0 rings (SSSR count). The monoisotopic (exact) mass is 320 g/mol. The van der Waals surface area contributed by atoms with Crippen LogP contribution in [0.2, 0.25) is 0 Å². The van der Waals surface area contributed by atoms with Gasteiger partial charge in [-0.25, -0.2) is 4.79 Å². The van der Waals surface area contributed by atoms with E-state index in [0.29, 0.717) is 0 Å². The summed E-state index contributed by atoms with van der Waals surface area (Å²) in [6, 6.07) is 0. The smallest absolute Gasteiger partial charge is 0.335 e. The molecule has 10 heteroatoms. The molecule has 0 aliphatic rings. The summed E-state index contributed by atoms with van der Waals surface area (Å²) in [5.41, 5.74) is 0. The molecule has 7 N–H and O–H groups in total. The Balaban J connectivity index is -0.000000392. The van der Waals surface area contributed by atoms with Crippen LogP contribution < -0.4 is 0 Å². The van der Waals surface area contributed by atoms with Crippen molar-refractivity contribution in [1.82, 2.24) is 0 Å². The number of hydrogen-bond acceptors (Lipinski definition) is 7. The Labute approximate surface area is 115 Å². The predicted octanol–water partition coefficient (Wildman–Crippen LogP) is -3.40. The molecular weight excluding hydrogens is 305 g/mol. The Morgan fingerprint density at radius 2 is 1.33 bits per heavy atom. The van der Waals surface area contributed by atoms with Gasteiger partial charge in [0.05, 0.1) is 6.61 Å². The van der Waals surface area contributed by atoms with E-state index in [4.69, 9.17) is 40.5 Å². The van der Waals surface area contributed by atoms with Crippen molar-refractivity contribution < 1.29 is 64.8 Å². The molecule has 9 nitrogen and oxygen atoms in total. The normalized spacial score (nSPS) is 16.1. The van der Waals surface area contributed by atoms with Crippen molar-refractivity contribution in [3.05, 3.63) is 0 Å². The Morgan fingerprint density at radius 3 is 1.56 bits per heavy atom. The quantitative estimate of drug-likeness (QED) is 0.254. The van der Waals surface area contributed by atoms with Crippen LogP contribution in [0.25, 0.3) is 0 Å². The van der Waals surface area contributed by atoms with Crippen LogP contribution in [0.5, 0.6) is 0 Å². The van der Waals surface area contributed by atoms with Crippen LogP contribution in [0.15, 0.2) is 0 Å². The zero-order chi connectivity index (χ0) is 14.2. The van der Waals surface area contributed by atoms with Crippen LogP contribution in [0.4, 0.5) is 0 Å². The molecule has 0 fully saturated rings. The second kappa shape index (κ2) is 11.5. The maximum Gasteiger partial charge on any atom is 0.335 e. The van der Waals surface area contributed by atoms with Crippen molar-refractivity contribution in [2.45, 2.75) is 31.3 Å². The van der Waals surface area contributed by atoms with E-state index in [9.17, 15) is 4.79 Å². The first-order valence-corrected chi connectivity index (χ1v) is 4.40. The van der Waals surface area contributed by atoms with Gasteiger partial charge in [0.2, 0.25) is 0 Å². The summed E-state index contributed by atoms with van der Waals surface area (Å²) in [5.74, 6) is -2.56. The number of hydrogen-bond donors (Lipinski definition) is 7. The fourth-order valence-corrected chi connectivity index (χ4v) is 0.668. The average Bonchev–Trinajstić information content (AvgIpc) is 2.23. The van der Waals surface area contributed by atoms with Gasteiger partial charge in [-0.1, -0.05) is 0 Å². The van der Waals surface area contributed by atoms with Crippen molar-refractivity contribution >= 4 is 11.9 Å². The molecule has 0 aromatic rings. The topological polar surface area (TPSA) is 176 Å². The molecule has 0 aliphatic heterocycles. The van der Waals surface area contributed by atoms with Gasteiger partial charge in [-0.15, -0.1) is 0 Å². The van der Waals surface area contributed by atoms with Gasteiger partial charge in [0.25, 0.3) is 5.97 Å². The summed E-state index contributed by atoms with van der Waals surface area (Å²) >= 11 is 0. The minimum absolute atomic E-state index is 0. The first-order chi connectivity index (χ1) is 7.64. The molecule has 0 saturated heterocycles. The van der Waals surface area contributed by atoms with E-state index >= 15 is 0 Å². The van der Waals surface area contributed by atoms with E-state index in [0.717, 1.165) is 6.92 Å². The van der Waals surface area contributed by atoms with Crippen molar-refractivity contribution in [1.29, 1.82) is 0 Å². The molecule has 0 saturated carbocycles. The summed E-state index contributed by atoms with van der Waals surface area (Å²) in [7, 11) is 0. The number of carboxylic acid groups (broad SMARTS) is 2. The molecule has 0 aromatic carbocycles. The number of aliphatic hydroxyl groups is 5. The number of rotatable bonds is 5. The van der Waals surface area contributed by atoms with E-state index in [1.807, 2.05) is 0 Å². The zero-order valence-corrected chi connectivity index (χ0v) is 12.6. The molecule has 0 bridgehead atoms. The van der Waals surface area contributed by atoms with E-state index in [1.54, 1.807) is 0 Å². The summed E-state index contributed by atoms with van der Waals surface area (Å²) in [6.45, 7) is 0.241. The Hall–Kier alpha value is -0.637. The number of carbonyl (C=O) groups is 2. The standard InChI is InChI=1S/C6H12O7.C2H4O2.Zn/c7-1-2(8)3(9)4(10)5(11)6(12)13;1-2(3)4;/h2-5,7-11H,1H2,(H,12,13);1H3,(H,3,4);/t2-,3-,4+,5-;;/m1../s1. The first-order valence-electron chi connectivity index (χ1n) is 4.40. The largest absolute Gasteiger partial charge is 0.481 e. The third-order valence-electron chi connectivity index (χ3n) is 1.51. The minimum atomic E-state index is -2.20. The van der Waals surface area contributed by atoms with E-state index in [2.05, 4.69) is 0 Å². The van der Waals surface area contributed by atoms with Gasteiger partial charge >= 0.3 is 5.97 Å². The molecule has 0 unspecified atom stereocenters. The Morgan fingerprint density at radius 1 is 1.00 bits per heavy atom. The summed E-state index contributed by atoms with van der Waals surface area (Å²) in [5, 5.41) is 59.2. The first kappa shape index (κ1) is 22.5. The van der Waals surface area contributed by atoms with E-state index in [-0.39, 0.29) is 19.5 Å². The third kappa shape index (κ3) is 10.5. The van der Waals surface area contributed by atoms with Gasteiger partial charge in [0, 0.05) is 26.4 Å².